The van der Waals surface area contributed by atoms with Gasteiger partial charge >= 0.3 is 5.97 Å². The number of hydrogen-bond acceptors (Lipinski definition) is 3. The Morgan fingerprint density at radius 1 is 1.25 bits per heavy atom. The zero-order valence-electron chi connectivity index (χ0n) is 10.8. The summed E-state index contributed by atoms with van der Waals surface area (Å²) >= 11 is 0. The van der Waals surface area contributed by atoms with E-state index in [9.17, 15) is 9.59 Å². The lowest BCUT2D eigenvalue weighted by Crippen LogP contribution is -2.41. The van der Waals surface area contributed by atoms with E-state index in [2.05, 4.69) is 0 Å². The highest BCUT2D eigenvalue weighted by Crippen LogP contribution is 2.05. The Morgan fingerprint density at radius 2 is 1.88 bits per heavy atom. The van der Waals surface area contributed by atoms with Gasteiger partial charge in [-0.15, -0.1) is 0 Å². The third-order valence-corrected chi connectivity index (χ3v) is 2.29. The Morgan fingerprint density at radius 3 is 2.31 bits per heavy atom. The van der Waals surface area contributed by atoms with Gasteiger partial charge in [-0.25, -0.2) is 0 Å². The number of carbonyl (C=O) groups is 2. The van der Waals surface area contributed by atoms with Crippen LogP contribution >= 0.6 is 0 Å². The first kappa shape index (κ1) is 14.9. The van der Waals surface area contributed by atoms with Crippen LogP contribution in [0.1, 0.15) is 47.0 Å². The van der Waals surface area contributed by atoms with Crippen LogP contribution in [0.15, 0.2) is 0 Å². The summed E-state index contributed by atoms with van der Waals surface area (Å²) in [5.74, 6) is -0.300. The molecule has 0 aromatic rings. The van der Waals surface area contributed by atoms with E-state index < -0.39 is 0 Å². The van der Waals surface area contributed by atoms with Crippen molar-refractivity contribution in [2.75, 3.05) is 13.2 Å². The molecular formula is C12H23NO3. The lowest BCUT2D eigenvalue weighted by atomic mass is 10.2. The summed E-state index contributed by atoms with van der Waals surface area (Å²) in [5, 5.41) is 0. The molecule has 94 valence electrons. The molecule has 0 radical (unpaired) electrons. The summed E-state index contributed by atoms with van der Waals surface area (Å²) in [7, 11) is 0. The molecule has 0 heterocycles. The predicted octanol–water partition coefficient (Wildman–Crippen LogP) is 1.98. The number of esters is 1. The minimum atomic E-state index is -0.332. The van der Waals surface area contributed by atoms with Gasteiger partial charge in [0.15, 0.2) is 0 Å². The van der Waals surface area contributed by atoms with Crippen molar-refractivity contribution in [3.8, 4) is 0 Å². The van der Waals surface area contributed by atoms with Gasteiger partial charge in [-0.05, 0) is 27.2 Å². The molecular weight excluding hydrogens is 206 g/mol. The molecule has 0 aliphatic carbocycles. The zero-order valence-corrected chi connectivity index (χ0v) is 10.8. The maximum atomic E-state index is 11.8. The second-order valence-electron chi connectivity index (χ2n) is 4.02. The molecule has 0 unspecified atom stereocenters. The maximum Gasteiger partial charge on any atom is 0.325 e. The second-order valence-corrected chi connectivity index (χ2v) is 4.02. The van der Waals surface area contributed by atoms with Crippen molar-refractivity contribution in [2.24, 2.45) is 0 Å². The van der Waals surface area contributed by atoms with Crippen molar-refractivity contribution >= 4 is 11.9 Å². The number of nitrogens with zero attached hydrogens (tertiary/aromatic N) is 1. The molecule has 0 saturated heterocycles. The average Bonchev–Trinajstić information content (AvgIpc) is 2.22. The van der Waals surface area contributed by atoms with Crippen molar-refractivity contribution in [3.05, 3.63) is 0 Å². The van der Waals surface area contributed by atoms with E-state index in [1.54, 1.807) is 11.8 Å². The first-order valence-corrected chi connectivity index (χ1v) is 5.98. The standard InChI is InChI=1S/C12H23NO3/c1-5-7-8-11(14)13(10(3)4)9-12(15)16-6-2/h10H,5-9H2,1-4H3. The minimum absolute atomic E-state index is 0.0323. The number of hydrogen-bond donors (Lipinski definition) is 0. The summed E-state index contributed by atoms with van der Waals surface area (Å²) in [6.07, 6.45) is 2.36. The monoisotopic (exact) mass is 229 g/mol. The van der Waals surface area contributed by atoms with Gasteiger partial charge in [0.05, 0.1) is 6.61 Å². The molecule has 1 amide bonds. The molecule has 4 nitrogen and oxygen atoms in total. The van der Waals surface area contributed by atoms with Gasteiger partial charge in [-0.3, -0.25) is 9.59 Å². The number of unbranched alkanes of at least 4 members (excludes halogenated alkanes) is 1. The zero-order chi connectivity index (χ0) is 12.6. The molecule has 0 rings (SSSR count). The number of amides is 1. The van der Waals surface area contributed by atoms with Crippen molar-refractivity contribution in [2.45, 2.75) is 53.0 Å². The Hall–Kier alpha value is -1.06. The van der Waals surface area contributed by atoms with E-state index in [0.29, 0.717) is 13.0 Å². The summed E-state index contributed by atoms with van der Waals surface area (Å²) < 4.78 is 4.84. The molecule has 0 aliphatic heterocycles. The maximum absolute atomic E-state index is 11.8. The van der Waals surface area contributed by atoms with Gasteiger partial charge in [0.25, 0.3) is 0 Å². The molecule has 0 bridgehead atoms. The Kier molecular flexibility index (Phi) is 7.60. The van der Waals surface area contributed by atoms with Crippen LogP contribution in [0.2, 0.25) is 0 Å². The lowest BCUT2D eigenvalue weighted by Gasteiger charge is -2.25. The van der Waals surface area contributed by atoms with E-state index in [4.69, 9.17) is 4.74 Å². The summed E-state index contributed by atoms with van der Waals surface area (Å²) in [6.45, 7) is 8.03. The van der Waals surface area contributed by atoms with Crippen molar-refractivity contribution in [1.29, 1.82) is 0 Å². The third-order valence-electron chi connectivity index (χ3n) is 2.29. The van der Waals surface area contributed by atoms with E-state index >= 15 is 0 Å². The Labute approximate surface area is 98.0 Å². The number of carbonyl (C=O) groups excluding carboxylic acids is 2. The van der Waals surface area contributed by atoms with E-state index in [1.807, 2.05) is 20.8 Å². The lowest BCUT2D eigenvalue weighted by molar-refractivity contribution is -0.150. The predicted molar refractivity (Wildman–Crippen MR) is 63.0 cm³/mol. The van der Waals surface area contributed by atoms with Crippen LogP contribution in [0.3, 0.4) is 0 Å². The average molecular weight is 229 g/mol. The van der Waals surface area contributed by atoms with Gasteiger partial charge < -0.3 is 9.64 Å². The Bertz CT molecular complexity index is 226. The van der Waals surface area contributed by atoms with Crippen molar-refractivity contribution < 1.29 is 14.3 Å². The van der Waals surface area contributed by atoms with E-state index in [-0.39, 0.29) is 24.5 Å². The molecule has 0 atom stereocenters. The SMILES string of the molecule is CCCCC(=O)N(CC(=O)OCC)C(C)C. The van der Waals surface area contributed by atoms with Gasteiger partial charge in [-0.2, -0.15) is 0 Å². The fraction of sp³-hybridized carbons (Fsp3) is 0.833. The fourth-order valence-corrected chi connectivity index (χ4v) is 1.38. The van der Waals surface area contributed by atoms with Crippen LogP contribution in [0.5, 0.6) is 0 Å². The van der Waals surface area contributed by atoms with E-state index in [0.717, 1.165) is 12.8 Å². The van der Waals surface area contributed by atoms with Gasteiger partial charge in [0.2, 0.25) is 5.91 Å². The molecule has 0 aromatic carbocycles. The van der Waals surface area contributed by atoms with Crippen LogP contribution < -0.4 is 0 Å². The quantitative estimate of drug-likeness (QED) is 0.627. The van der Waals surface area contributed by atoms with Crippen LogP contribution in [-0.2, 0) is 14.3 Å². The van der Waals surface area contributed by atoms with Crippen LogP contribution in [0, 0.1) is 0 Å². The van der Waals surface area contributed by atoms with Crippen LogP contribution in [0.25, 0.3) is 0 Å². The first-order chi connectivity index (χ1) is 7.52. The fourth-order valence-electron chi connectivity index (χ4n) is 1.38. The highest BCUT2D eigenvalue weighted by Gasteiger charge is 2.19. The molecule has 0 saturated carbocycles. The molecule has 0 aromatic heterocycles. The van der Waals surface area contributed by atoms with Crippen LogP contribution in [-0.4, -0.2) is 36.0 Å². The normalized spacial score (nSPS) is 10.3. The summed E-state index contributed by atoms with van der Waals surface area (Å²) in [4.78, 5) is 24.7. The summed E-state index contributed by atoms with van der Waals surface area (Å²) in [6, 6.07) is 0.0359. The molecule has 0 aliphatic rings. The molecule has 0 fully saturated rings. The van der Waals surface area contributed by atoms with Crippen molar-refractivity contribution in [1.82, 2.24) is 4.90 Å². The van der Waals surface area contributed by atoms with E-state index in [1.165, 1.54) is 0 Å². The third kappa shape index (κ3) is 5.73. The van der Waals surface area contributed by atoms with Gasteiger partial charge in [0, 0.05) is 12.5 Å². The Balaban J connectivity index is 4.26. The minimum Gasteiger partial charge on any atom is -0.465 e. The largest absolute Gasteiger partial charge is 0.465 e. The first-order valence-electron chi connectivity index (χ1n) is 5.98. The van der Waals surface area contributed by atoms with Crippen LogP contribution in [0.4, 0.5) is 0 Å². The summed E-state index contributed by atoms with van der Waals surface area (Å²) in [5.41, 5.74) is 0. The highest BCUT2D eigenvalue weighted by molar-refractivity contribution is 5.82. The van der Waals surface area contributed by atoms with Gasteiger partial charge in [0.1, 0.15) is 6.54 Å². The molecule has 4 heteroatoms. The molecule has 0 N–H and O–H groups in total. The topological polar surface area (TPSA) is 46.6 Å². The molecule has 0 spiro atoms. The number of rotatable bonds is 7. The molecule has 16 heavy (non-hydrogen) atoms. The van der Waals surface area contributed by atoms with Gasteiger partial charge in [-0.1, -0.05) is 13.3 Å². The smallest absolute Gasteiger partial charge is 0.325 e. The second kappa shape index (κ2) is 8.13. The number of ether oxygens (including phenoxy) is 1. The van der Waals surface area contributed by atoms with Crippen molar-refractivity contribution in [3.63, 3.8) is 0 Å². The highest BCUT2D eigenvalue weighted by atomic mass is 16.5.